The maximum Gasteiger partial charge on any atom is 0.227 e. The fourth-order valence-corrected chi connectivity index (χ4v) is 2.11. The number of carbonyl (C=O) groups excluding carboxylic acids is 1. The molecule has 0 spiro atoms. The summed E-state index contributed by atoms with van der Waals surface area (Å²) in [5, 5.41) is 2.73. The summed E-state index contributed by atoms with van der Waals surface area (Å²) in [6, 6.07) is 17.5. The molecule has 1 unspecified atom stereocenters. The van der Waals surface area contributed by atoms with Gasteiger partial charge in [-0.25, -0.2) is 0 Å². The van der Waals surface area contributed by atoms with Gasteiger partial charge in [-0.05, 0) is 29.7 Å². The lowest BCUT2D eigenvalue weighted by Gasteiger charge is -2.16. The summed E-state index contributed by atoms with van der Waals surface area (Å²) in [6.45, 7) is 0. The first kappa shape index (κ1) is 13.1. The van der Waals surface area contributed by atoms with Crippen molar-refractivity contribution in [3.8, 4) is 0 Å². The second-order valence-electron chi connectivity index (χ2n) is 4.52. The molecule has 2 aromatic carbocycles. The molecular formula is C16H18N2O. The Kier molecular flexibility index (Phi) is 4.18. The van der Waals surface area contributed by atoms with Crippen LogP contribution in [0.1, 0.15) is 17.0 Å². The van der Waals surface area contributed by atoms with E-state index in [2.05, 4.69) is 5.32 Å². The van der Waals surface area contributed by atoms with E-state index >= 15 is 0 Å². The van der Waals surface area contributed by atoms with E-state index in [4.69, 9.17) is 5.73 Å². The molecule has 0 aliphatic carbocycles. The summed E-state index contributed by atoms with van der Waals surface area (Å²) < 4.78 is 0. The molecule has 3 N–H and O–H groups in total. The number of anilines is 1. The van der Waals surface area contributed by atoms with E-state index in [1.54, 1.807) is 7.05 Å². The smallest absolute Gasteiger partial charge is 0.227 e. The van der Waals surface area contributed by atoms with Crippen molar-refractivity contribution in [3.63, 3.8) is 0 Å². The van der Waals surface area contributed by atoms with Crippen LogP contribution in [0, 0.1) is 0 Å². The van der Waals surface area contributed by atoms with E-state index in [0.717, 1.165) is 11.1 Å². The van der Waals surface area contributed by atoms with Crippen LogP contribution in [0.2, 0.25) is 0 Å². The van der Waals surface area contributed by atoms with Gasteiger partial charge in [0.1, 0.15) is 0 Å². The number of hydrogen-bond acceptors (Lipinski definition) is 2. The third kappa shape index (κ3) is 3.35. The minimum atomic E-state index is -0.187. The minimum absolute atomic E-state index is 0.0219. The second kappa shape index (κ2) is 6.05. The Bertz CT molecular complexity index is 534. The zero-order valence-corrected chi connectivity index (χ0v) is 11.0. The first-order chi connectivity index (χ1) is 9.20. The molecule has 1 amide bonds. The summed E-state index contributed by atoms with van der Waals surface area (Å²) in [5.41, 5.74) is 8.52. The third-order valence-corrected chi connectivity index (χ3v) is 3.18. The Morgan fingerprint density at radius 1 is 1.11 bits per heavy atom. The zero-order valence-electron chi connectivity index (χ0n) is 11.0. The van der Waals surface area contributed by atoms with Crippen molar-refractivity contribution in [2.75, 3.05) is 12.8 Å². The largest absolute Gasteiger partial charge is 0.399 e. The van der Waals surface area contributed by atoms with Crippen molar-refractivity contribution in [1.82, 2.24) is 5.32 Å². The van der Waals surface area contributed by atoms with Crippen LogP contribution in [0.4, 0.5) is 5.69 Å². The van der Waals surface area contributed by atoms with E-state index in [1.165, 1.54) is 0 Å². The van der Waals surface area contributed by atoms with Crippen molar-refractivity contribution in [3.05, 3.63) is 65.7 Å². The van der Waals surface area contributed by atoms with Gasteiger partial charge in [-0.2, -0.15) is 0 Å². The van der Waals surface area contributed by atoms with E-state index in [-0.39, 0.29) is 11.8 Å². The maximum atomic E-state index is 12.1. The van der Waals surface area contributed by atoms with E-state index in [1.807, 2.05) is 54.6 Å². The van der Waals surface area contributed by atoms with E-state index < -0.39 is 0 Å². The summed E-state index contributed by atoms with van der Waals surface area (Å²) in [4.78, 5) is 12.1. The summed E-state index contributed by atoms with van der Waals surface area (Å²) in [5.74, 6) is -0.165. The van der Waals surface area contributed by atoms with Gasteiger partial charge in [0, 0.05) is 12.7 Å². The number of nitrogens with one attached hydrogen (secondary N) is 1. The van der Waals surface area contributed by atoms with Crippen LogP contribution < -0.4 is 11.1 Å². The fraction of sp³-hybridized carbons (Fsp3) is 0.188. The van der Waals surface area contributed by atoms with Crippen LogP contribution in [0.3, 0.4) is 0 Å². The molecule has 3 nitrogen and oxygen atoms in total. The van der Waals surface area contributed by atoms with Gasteiger partial charge >= 0.3 is 0 Å². The Balaban J connectivity index is 2.26. The predicted octanol–water partition coefficient (Wildman–Crippen LogP) is 2.34. The number of likely N-dealkylation sites (N-methyl/N-ethyl adjacent to an activating group) is 1. The molecule has 3 heteroatoms. The second-order valence-corrected chi connectivity index (χ2v) is 4.52. The third-order valence-electron chi connectivity index (χ3n) is 3.18. The highest BCUT2D eigenvalue weighted by atomic mass is 16.1. The van der Waals surface area contributed by atoms with Gasteiger partial charge in [0.25, 0.3) is 0 Å². The van der Waals surface area contributed by atoms with E-state index in [9.17, 15) is 4.79 Å². The van der Waals surface area contributed by atoms with Crippen LogP contribution in [0.25, 0.3) is 0 Å². The molecule has 0 fully saturated rings. The summed E-state index contributed by atoms with van der Waals surface area (Å²) >= 11 is 0. The van der Waals surface area contributed by atoms with Crippen LogP contribution >= 0.6 is 0 Å². The first-order valence-corrected chi connectivity index (χ1v) is 6.31. The molecule has 0 heterocycles. The number of carbonyl (C=O) groups is 1. The molecule has 98 valence electrons. The molecule has 0 saturated heterocycles. The summed E-state index contributed by atoms with van der Waals surface area (Å²) in [6.07, 6.45) is 0.685. The number of rotatable bonds is 4. The number of nitrogens with two attached hydrogens (primary N) is 1. The number of nitrogen functional groups attached to an aromatic ring is 1. The molecule has 0 saturated carbocycles. The molecular weight excluding hydrogens is 236 g/mol. The normalized spacial score (nSPS) is 11.8. The van der Waals surface area contributed by atoms with Gasteiger partial charge in [-0.15, -0.1) is 0 Å². The molecule has 19 heavy (non-hydrogen) atoms. The maximum absolute atomic E-state index is 12.1. The topological polar surface area (TPSA) is 55.1 Å². The molecule has 0 aliphatic heterocycles. The molecule has 1 atom stereocenters. The van der Waals surface area contributed by atoms with E-state index in [0.29, 0.717) is 12.1 Å². The molecule has 0 aromatic heterocycles. The molecule has 0 bridgehead atoms. The molecule has 2 aromatic rings. The van der Waals surface area contributed by atoms with Crippen LogP contribution in [-0.2, 0) is 11.2 Å². The average molecular weight is 254 g/mol. The summed E-state index contributed by atoms with van der Waals surface area (Å²) in [7, 11) is 1.66. The monoisotopic (exact) mass is 254 g/mol. The van der Waals surface area contributed by atoms with Crippen LogP contribution in [0.15, 0.2) is 54.6 Å². The van der Waals surface area contributed by atoms with Crippen molar-refractivity contribution in [2.45, 2.75) is 12.3 Å². The highest BCUT2D eigenvalue weighted by molar-refractivity contribution is 5.83. The van der Waals surface area contributed by atoms with Gasteiger partial charge in [0.15, 0.2) is 0 Å². The standard InChI is InChI=1S/C16H18N2O/c1-18-16(19)15(11-12-5-3-2-4-6-12)13-7-9-14(17)10-8-13/h2-10,15H,11,17H2,1H3,(H,18,19). The SMILES string of the molecule is CNC(=O)C(Cc1ccccc1)c1ccc(N)cc1. The fourth-order valence-electron chi connectivity index (χ4n) is 2.11. The predicted molar refractivity (Wildman–Crippen MR) is 77.8 cm³/mol. The highest BCUT2D eigenvalue weighted by Crippen LogP contribution is 2.22. The van der Waals surface area contributed by atoms with Gasteiger partial charge in [0.2, 0.25) is 5.91 Å². The lowest BCUT2D eigenvalue weighted by molar-refractivity contribution is -0.122. The molecule has 0 aliphatic rings. The molecule has 2 rings (SSSR count). The lowest BCUT2D eigenvalue weighted by atomic mass is 9.91. The average Bonchev–Trinajstić information content (AvgIpc) is 2.46. The van der Waals surface area contributed by atoms with Gasteiger partial charge < -0.3 is 11.1 Å². The van der Waals surface area contributed by atoms with Crippen molar-refractivity contribution in [2.24, 2.45) is 0 Å². The molecule has 0 radical (unpaired) electrons. The van der Waals surface area contributed by atoms with Crippen LogP contribution in [-0.4, -0.2) is 13.0 Å². The van der Waals surface area contributed by atoms with Crippen LogP contribution in [0.5, 0.6) is 0 Å². The minimum Gasteiger partial charge on any atom is -0.399 e. The van der Waals surface area contributed by atoms with Gasteiger partial charge in [-0.1, -0.05) is 42.5 Å². The Morgan fingerprint density at radius 2 is 1.74 bits per heavy atom. The first-order valence-electron chi connectivity index (χ1n) is 6.31. The van der Waals surface area contributed by atoms with Crippen molar-refractivity contribution < 1.29 is 4.79 Å². The lowest BCUT2D eigenvalue weighted by Crippen LogP contribution is -2.27. The Labute approximate surface area is 113 Å². The quantitative estimate of drug-likeness (QED) is 0.823. The number of hydrogen-bond donors (Lipinski definition) is 2. The van der Waals surface area contributed by atoms with Crippen molar-refractivity contribution >= 4 is 11.6 Å². The Hall–Kier alpha value is -2.29. The van der Waals surface area contributed by atoms with Gasteiger partial charge in [0.05, 0.1) is 5.92 Å². The zero-order chi connectivity index (χ0) is 13.7. The number of benzene rings is 2. The highest BCUT2D eigenvalue weighted by Gasteiger charge is 2.19. The Morgan fingerprint density at radius 3 is 2.32 bits per heavy atom. The van der Waals surface area contributed by atoms with Gasteiger partial charge in [-0.3, -0.25) is 4.79 Å². The van der Waals surface area contributed by atoms with Crippen molar-refractivity contribution in [1.29, 1.82) is 0 Å². The number of amides is 1.